The van der Waals surface area contributed by atoms with Crippen LogP contribution in [0.3, 0.4) is 0 Å². The van der Waals surface area contributed by atoms with Gasteiger partial charge in [0.2, 0.25) is 11.8 Å². The third-order valence-corrected chi connectivity index (χ3v) is 9.32. The predicted octanol–water partition coefficient (Wildman–Crippen LogP) is 5.74. The van der Waals surface area contributed by atoms with Crippen molar-refractivity contribution in [3.8, 4) is 11.1 Å². The monoisotopic (exact) mass is 681 g/mol. The number of hydrogen-bond acceptors (Lipinski definition) is 8. The molecule has 1 fully saturated rings. The van der Waals surface area contributed by atoms with Crippen molar-refractivity contribution in [1.29, 1.82) is 0 Å². The first-order valence-corrected chi connectivity index (χ1v) is 17.1. The van der Waals surface area contributed by atoms with Gasteiger partial charge in [-0.1, -0.05) is 103 Å². The molecule has 1 aliphatic heterocycles. The minimum absolute atomic E-state index is 0.0278. The first-order valence-electron chi connectivity index (χ1n) is 17.1. The van der Waals surface area contributed by atoms with Gasteiger partial charge >= 0.3 is 0 Å². The smallest absolute Gasteiger partial charge is 0.243 e. The summed E-state index contributed by atoms with van der Waals surface area (Å²) < 4.78 is 13.2. The first-order chi connectivity index (χ1) is 24.2. The Bertz CT molecular complexity index is 1670. The Morgan fingerprint density at radius 1 is 0.860 bits per heavy atom. The van der Waals surface area contributed by atoms with E-state index in [1.165, 1.54) is 0 Å². The number of rotatable bonds is 15. The van der Waals surface area contributed by atoms with E-state index in [-0.39, 0.29) is 43.6 Å². The molecule has 1 saturated heterocycles. The van der Waals surface area contributed by atoms with Gasteiger partial charge in [0.25, 0.3) is 0 Å². The Morgan fingerprint density at radius 2 is 1.52 bits per heavy atom. The van der Waals surface area contributed by atoms with Crippen LogP contribution in [0, 0.1) is 0 Å². The molecule has 4 aromatic carbocycles. The fourth-order valence-corrected chi connectivity index (χ4v) is 6.21. The molecular weight excluding hydrogens is 634 g/mol. The summed E-state index contributed by atoms with van der Waals surface area (Å²) in [4.78, 5) is 25.7. The van der Waals surface area contributed by atoms with Crippen molar-refractivity contribution in [2.75, 3.05) is 13.6 Å². The molecule has 2 amide bonds. The highest BCUT2D eigenvalue weighted by atomic mass is 16.7. The molecule has 1 heterocycles. The molecule has 10 heteroatoms. The predicted molar refractivity (Wildman–Crippen MR) is 189 cm³/mol. The zero-order chi connectivity index (χ0) is 35.5. The molecule has 0 aromatic heterocycles. The number of nitrogens with one attached hydrogen (secondary N) is 2. The normalized spacial score (nSPS) is 18.7. The molecular formula is C40H47N3O7. The second-order valence-corrected chi connectivity index (χ2v) is 12.8. The highest BCUT2D eigenvalue weighted by molar-refractivity contribution is 5.78. The Labute approximate surface area is 293 Å². The molecule has 0 aliphatic carbocycles. The lowest BCUT2D eigenvalue weighted by Crippen LogP contribution is -2.43. The van der Waals surface area contributed by atoms with Gasteiger partial charge in [0.05, 0.1) is 24.9 Å². The van der Waals surface area contributed by atoms with Gasteiger partial charge in [-0.05, 0) is 53.8 Å². The maximum absolute atomic E-state index is 12.4. The lowest BCUT2D eigenvalue weighted by Gasteiger charge is -2.39. The third kappa shape index (κ3) is 9.85. The lowest BCUT2D eigenvalue weighted by molar-refractivity contribution is -0.253. The highest BCUT2D eigenvalue weighted by Crippen LogP contribution is 2.39. The summed E-state index contributed by atoms with van der Waals surface area (Å²) >= 11 is 0. The van der Waals surface area contributed by atoms with Gasteiger partial charge in [0.1, 0.15) is 0 Å². The van der Waals surface area contributed by atoms with Crippen LogP contribution in [0.15, 0.2) is 103 Å². The van der Waals surface area contributed by atoms with E-state index in [0.717, 1.165) is 38.9 Å². The van der Waals surface area contributed by atoms with Crippen LogP contribution in [-0.2, 0) is 32.2 Å². The summed E-state index contributed by atoms with van der Waals surface area (Å²) in [6, 6.07) is 33.2. The summed E-state index contributed by atoms with van der Waals surface area (Å²) in [7, 11) is 2.00. The highest BCUT2D eigenvalue weighted by Gasteiger charge is 2.34. The minimum Gasteiger partial charge on any atom is -0.392 e. The second-order valence-electron chi connectivity index (χ2n) is 12.8. The number of ether oxygens (including phenoxy) is 2. The Kier molecular flexibility index (Phi) is 13.3. The molecule has 264 valence electrons. The quantitative estimate of drug-likeness (QED) is 0.0791. The first kappa shape index (κ1) is 36.9. The van der Waals surface area contributed by atoms with Gasteiger partial charge in [-0.15, -0.1) is 0 Å². The number of nitrogens with zero attached hydrogens (tertiary/aromatic N) is 1. The molecule has 0 bridgehead atoms. The van der Waals surface area contributed by atoms with Gasteiger partial charge in [0.15, 0.2) is 6.29 Å². The molecule has 5 N–H and O–H groups in total. The Balaban J connectivity index is 1.29. The van der Waals surface area contributed by atoms with Crippen molar-refractivity contribution >= 4 is 11.8 Å². The third-order valence-electron chi connectivity index (χ3n) is 9.32. The molecule has 50 heavy (non-hydrogen) atoms. The molecule has 1 aliphatic rings. The number of amides is 2. The zero-order valence-electron chi connectivity index (χ0n) is 28.6. The lowest BCUT2D eigenvalue weighted by atomic mass is 9.97. The van der Waals surface area contributed by atoms with E-state index in [1.807, 2.05) is 117 Å². The average molecular weight is 682 g/mol. The SMILES string of the molecule is C[C@H]([C@@H](O)c1ccccc1)N(C)C[C@H]1C[C@@H](c2ccc(CO)cc2)O[C@@H](c2ccc(-c3ccccc3CNC(=O)CCCC(=O)NO)cc2)O1. The number of likely N-dealkylation sites (N-methyl/N-ethyl adjacent to an activating group) is 1. The number of hydrogen-bond donors (Lipinski definition) is 5. The van der Waals surface area contributed by atoms with E-state index in [4.69, 9.17) is 14.7 Å². The van der Waals surface area contributed by atoms with Crippen LogP contribution >= 0.6 is 0 Å². The van der Waals surface area contributed by atoms with Crippen molar-refractivity contribution in [3.05, 3.63) is 131 Å². The fraction of sp³-hybridized carbons (Fsp3) is 0.350. The van der Waals surface area contributed by atoms with Crippen molar-refractivity contribution in [2.24, 2.45) is 0 Å². The van der Waals surface area contributed by atoms with Crippen molar-refractivity contribution in [3.63, 3.8) is 0 Å². The van der Waals surface area contributed by atoms with Gasteiger partial charge in [-0.2, -0.15) is 0 Å². The van der Waals surface area contributed by atoms with Gasteiger partial charge < -0.3 is 25.0 Å². The number of benzene rings is 4. The van der Waals surface area contributed by atoms with Crippen LogP contribution in [-0.4, -0.2) is 57.9 Å². The van der Waals surface area contributed by atoms with Gasteiger partial charge in [0, 0.05) is 44.0 Å². The molecule has 0 radical (unpaired) electrons. The van der Waals surface area contributed by atoms with Crippen molar-refractivity contribution in [1.82, 2.24) is 15.7 Å². The summed E-state index contributed by atoms with van der Waals surface area (Å²) in [5.74, 6) is -0.684. The summed E-state index contributed by atoms with van der Waals surface area (Å²) in [5.41, 5.74) is 8.07. The number of aliphatic hydroxyl groups excluding tert-OH is 2. The van der Waals surface area contributed by atoms with E-state index in [0.29, 0.717) is 25.9 Å². The van der Waals surface area contributed by atoms with Crippen molar-refractivity contribution in [2.45, 2.75) is 76.4 Å². The minimum atomic E-state index is -0.650. The Hall–Kier alpha value is -4.42. The van der Waals surface area contributed by atoms with Crippen LogP contribution in [0.25, 0.3) is 11.1 Å². The van der Waals surface area contributed by atoms with Gasteiger partial charge in [-0.25, -0.2) is 5.48 Å². The topological polar surface area (TPSA) is 141 Å². The van der Waals surface area contributed by atoms with E-state index in [2.05, 4.69) is 10.2 Å². The summed E-state index contributed by atoms with van der Waals surface area (Å²) in [5, 5.41) is 32.2. The van der Waals surface area contributed by atoms with E-state index in [9.17, 15) is 19.8 Å². The largest absolute Gasteiger partial charge is 0.392 e. The molecule has 10 nitrogen and oxygen atoms in total. The number of carbonyl (C=O) groups excluding carboxylic acids is 2. The van der Waals surface area contributed by atoms with Crippen LogP contribution in [0.2, 0.25) is 0 Å². The maximum Gasteiger partial charge on any atom is 0.243 e. The van der Waals surface area contributed by atoms with Gasteiger partial charge in [-0.3, -0.25) is 19.7 Å². The molecule has 0 spiro atoms. The molecule has 0 unspecified atom stereocenters. The zero-order valence-corrected chi connectivity index (χ0v) is 28.6. The number of hydroxylamine groups is 1. The number of carbonyl (C=O) groups is 2. The fourth-order valence-electron chi connectivity index (χ4n) is 6.21. The van der Waals surface area contributed by atoms with Crippen LogP contribution in [0.5, 0.6) is 0 Å². The average Bonchev–Trinajstić information content (AvgIpc) is 3.16. The molecule has 4 aromatic rings. The van der Waals surface area contributed by atoms with Crippen LogP contribution in [0.4, 0.5) is 0 Å². The Morgan fingerprint density at radius 3 is 2.22 bits per heavy atom. The van der Waals surface area contributed by atoms with E-state index in [1.54, 1.807) is 5.48 Å². The molecule has 0 saturated carbocycles. The second kappa shape index (κ2) is 18.0. The standard InChI is InChI=1S/C40H47N3O7/c1-27(39(47)31-9-4-3-5-10-31)43(2)25-34-23-36(30-17-15-28(26-44)16-18-30)50-40(49-34)32-21-19-29(20-22-32)35-12-7-6-11-33(35)24-41-37(45)13-8-14-38(46)42-48/h3-7,9-12,15-22,27,34,36,39-40,44,47-48H,8,13-14,23-26H2,1-2H3,(H,41,45)(H,42,46)/t27-,34-,36+,39-,40+/m1/s1. The van der Waals surface area contributed by atoms with E-state index < -0.39 is 18.3 Å². The maximum atomic E-state index is 12.4. The summed E-state index contributed by atoms with van der Waals surface area (Å²) in [6.45, 7) is 2.91. The number of aliphatic hydroxyl groups is 2. The van der Waals surface area contributed by atoms with Crippen molar-refractivity contribution < 1.29 is 34.5 Å². The van der Waals surface area contributed by atoms with Crippen LogP contribution in [0.1, 0.15) is 78.9 Å². The van der Waals surface area contributed by atoms with E-state index >= 15 is 0 Å². The molecule has 5 rings (SSSR count). The molecule has 5 atom stereocenters. The van der Waals surface area contributed by atoms with Crippen LogP contribution < -0.4 is 10.8 Å². The summed E-state index contributed by atoms with van der Waals surface area (Å²) in [6.07, 6.45) is -0.483.